The Bertz CT molecular complexity index is 578. The molecular weight excluding hydrogens is 278 g/mol. The topological polar surface area (TPSA) is 73.1 Å². The van der Waals surface area contributed by atoms with Crippen LogP contribution in [0.4, 0.5) is 10.5 Å². The Kier molecular flexibility index (Phi) is 5.97. The van der Waals surface area contributed by atoms with Gasteiger partial charge < -0.3 is 10.6 Å². The second-order valence-corrected chi connectivity index (χ2v) is 5.05. The largest absolute Gasteiger partial charge is 0.332 e. The van der Waals surface area contributed by atoms with Crippen molar-refractivity contribution in [2.24, 2.45) is 0 Å². The molecule has 0 bridgehead atoms. The molecule has 6 heteroatoms. The number of aromatic nitrogens is 2. The molecule has 22 heavy (non-hydrogen) atoms. The molecule has 0 radical (unpaired) electrons. The van der Waals surface area contributed by atoms with E-state index in [0.29, 0.717) is 6.54 Å². The molecular formula is C16H23N5O. The molecule has 1 aromatic heterocycles. The van der Waals surface area contributed by atoms with Crippen LogP contribution < -0.4 is 10.6 Å². The lowest BCUT2D eigenvalue weighted by Crippen LogP contribution is -2.28. The smallest absolute Gasteiger partial charge is 0.319 e. The van der Waals surface area contributed by atoms with Gasteiger partial charge in [0.25, 0.3) is 0 Å². The Hall–Kier alpha value is -2.34. The number of rotatable bonds is 7. The van der Waals surface area contributed by atoms with Gasteiger partial charge in [0.2, 0.25) is 0 Å². The molecule has 0 spiro atoms. The third kappa shape index (κ3) is 4.89. The predicted molar refractivity (Wildman–Crippen MR) is 87.5 cm³/mol. The van der Waals surface area contributed by atoms with Gasteiger partial charge in [-0.05, 0) is 36.9 Å². The molecule has 2 rings (SSSR count). The quantitative estimate of drug-likeness (QED) is 0.736. The molecule has 1 aromatic carbocycles. The van der Waals surface area contributed by atoms with E-state index in [9.17, 15) is 4.79 Å². The number of nitrogens with one attached hydrogen (secondary N) is 3. The average molecular weight is 301 g/mol. The maximum Gasteiger partial charge on any atom is 0.319 e. The van der Waals surface area contributed by atoms with Crippen molar-refractivity contribution in [3.63, 3.8) is 0 Å². The van der Waals surface area contributed by atoms with E-state index in [1.807, 2.05) is 24.3 Å². The van der Waals surface area contributed by atoms with Crippen molar-refractivity contribution < 1.29 is 4.79 Å². The predicted octanol–water partition coefficient (Wildman–Crippen LogP) is 2.57. The molecule has 0 aliphatic carbocycles. The first kappa shape index (κ1) is 16.0. The number of carbonyl (C=O) groups is 1. The van der Waals surface area contributed by atoms with Crippen LogP contribution in [0.2, 0.25) is 0 Å². The molecule has 6 nitrogen and oxygen atoms in total. The second kappa shape index (κ2) is 8.19. The molecule has 0 fully saturated rings. The third-order valence-electron chi connectivity index (χ3n) is 3.48. The Labute approximate surface area is 130 Å². The van der Waals surface area contributed by atoms with Gasteiger partial charge in [-0.3, -0.25) is 10.00 Å². The number of carbonyl (C=O) groups excluding carboxylic acids is 1. The highest BCUT2D eigenvalue weighted by Gasteiger charge is 2.05. The monoisotopic (exact) mass is 301 g/mol. The molecule has 2 aromatic rings. The van der Waals surface area contributed by atoms with Gasteiger partial charge in [-0.2, -0.15) is 5.10 Å². The number of benzene rings is 1. The summed E-state index contributed by atoms with van der Waals surface area (Å²) in [6.45, 7) is 7.63. The summed E-state index contributed by atoms with van der Waals surface area (Å²) in [6, 6.07) is 9.53. The van der Waals surface area contributed by atoms with Crippen LogP contribution in [0.25, 0.3) is 0 Å². The molecule has 0 aliphatic rings. The number of hydrogen-bond donors (Lipinski definition) is 3. The van der Waals surface area contributed by atoms with Crippen LogP contribution in [0.3, 0.4) is 0 Å². The van der Waals surface area contributed by atoms with Crippen molar-refractivity contribution >= 4 is 11.7 Å². The second-order valence-electron chi connectivity index (χ2n) is 5.05. The van der Waals surface area contributed by atoms with Gasteiger partial charge in [0, 0.05) is 18.4 Å². The summed E-state index contributed by atoms with van der Waals surface area (Å²) in [6.07, 6.45) is 1.66. The minimum absolute atomic E-state index is 0.227. The molecule has 0 unspecified atom stereocenters. The lowest BCUT2D eigenvalue weighted by molar-refractivity contribution is 0.251. The SMILES string of the molecule is CCN(CC)Cc1cccc(NC(=O)NCc2ccn[nH]2)c1. The summed E-state index contributed by atoms with van der Waals surface area (Å²) in [5.41, 5.74) is 2.85. The van der Waals surface area contributed by atoms with E-state index in [0.717, 1.165) is 31.0 Å². The zero-order valence-electron chi connectivity index (χ0n) is 13.1. The average Bonchev–Trinajstić information content (AvgIpc) is 3.04. The summed E-state index contributed by atoms with van der Waals surface area (Å²) in [4.78, 5) is 14.2. The van der Waals surface area contributed by atoms with Gasteiger partial charge in [0.05, 0.1) is 12.2 Å². The van der Waals surface area contributed by atoms with E-state index in [-0.39, 0.29) is 6.03 Å². The number of aromatic amines is 1. The van der Waals surface area contributed by atoms with Crippen molar-refractivity contribution in [2.45, 2.75) is 26.9 Å². The number of H-pyrrole nitrogens is 1. The van der Waals surface area contributed by atoms with Gasteiger partial charge in [0.15, 0.2) is 0 Å². The van der Waals surface area contributed by atoms with Crippen LogP contribution in [0, 0.1) is 0 Å². The van der Waals surface area contributed by atoms with Gasteiger partial charge >= 0.3 is 6.03 Å². The standard InChI is InChI=1S/C16H23N5O/c1-3-21(4-2)12-13-6-5-7-14(10-13)19-16(22)17-11-15-8-9-18-20-15/h5-10H,3-4,11-12H2,1-2H3,(H,18,20)(H2,17,19,22). The molecule has 0 saturated carbocycles. The number of anilines is 1. The van der Waals surface area contributed by atoms with E-state index in [1.54, 1.807) is 6.20 Å². The molecule has 0 saturated heterocycles. The van der Waals surface area contributed by atoms with E-state index < -0.39 is 0 Å². The summed E-state index contributed by atoms with van der Waals surface area (Å²) in [5.74, 6) is 0. The Morgan fingerprint density at radius 1 is 1.27 bits per heavy atom. The van der Waals surface area contributed by atoms with Crippen molar-refractivity contribution in [3.05, 3.63) is 47.8 Å². The fourth-order valence-electron chi connectivity index (χ4n) is 2.19. The van der Waals surface area contributed by atoms with Crippen LogP contribution in [0.5, 0.6) is 0 Å². The lowest BCUT2D eigenvalue weighted by Gasteiger charge is -2.18. The van der Waals surface area contributed by atoms with Gasteiger partial charge in [-0.25, -0.2) is 4.79 Å². The van der Waals surface area contributed by atoms with Crippen LogP contribution in [-0.4, -0.2) is 34.2 Å². The first-order valence-electron chi connectivity index (χ1n) is 7.55. The fourth-order valence-corrected chi connectivity index (χ4v) is 2.19. The van der Waals surface area contributed by atoms with Crippen LogP contribution in [0.15, 0.2) is 36.5 Å². The summed E-state index contributed by atoms with van der Waals surface area (Å²) >= 11 is 0. The van der Waals surface area contributed by atoms with Crippen LogP contribution >= 0.6 is 0 Å². The number of nitrogens with zero attached hydrogens (tertiary/aromatic N) is 2. The van der Waals surface area contributed by atoms with E-state index >= 15 is 0 Å². The number of urea groups is 1. The Morgan fingerprint density at radius 2 is 2.09 bits per heavy atom. The first-order chi connectivity index (χ1) is 10.7. The molecule has 3 N–H and O–H groups in total. The van der Waals surface area contributed by atoms with E-state index in [1.165, 1.54) is 5.56 Å². The minimum Gasteiger partial charge on any atom is -0.332 e. The number of hydrogen-bond acceptors (Lipinski definition) is 3. The Balaban J connectivity index is 1.87. The van der Waals surface area contributed by atoms with Crippen molar-refractivity contribution in [1.82, 2.24) is 20.4 Å². The fraction of sp³-hybridized carbons (Fsp3) is 0.375. The normalized spacial score (nSPS) is 10.7. The highest BCUT2D eigenvalue weighted by molar-refractivity contribution is 5.89. The van der Waals surface area contributed by atoms with Crippen LogP contribution in [0.1, 0.15) is 25.1 Å². The molecule has 0 atom stereocenters. The van der Waals surface area contributed by atoms with E-state index in [4.69, 9.17) is 0 Å². The lowest BCUT2D eigenvalue weighted by atomic mass is 10.2. The third-order valence-corrected chi connectivity index (χ3v) is 3.48. The van der Waals surface area contributed by atoms with Gasteiger partial charge in [0.1, 0.15) is 0 Å². The van der Waals surface area contributed by atoms with E-state index in [2.05, 4.69) is 45.6 Å². The Morgan fingerprint density at radius 3 is 2.77 bits per heavy atom. The maximum atomic E-state index is 11.9. The maximum absolute atomic E-state index is 11.9. The first-order valence-corrected chi connectivity index (χ1v) is 7.55. The number of amides is 2. The molecule has 2 amide bonds. The zero-order chi connectivity index (χ0) is 15.8. The van der Waals surface area contributed by atoms with Crippen molar-refractivity contribution in [1.29, 1.82) is 0 Å². The molecule has 0 aliphatic heterocycles. The van der Waals surface area contributed by atoms with Crippen molar-refractivity contribution in [3.8, 4) is 0 Å². The summed E-state index contributed by atoms with van der Waals surface area (Å²) in [7, 11) is 0. The summed E-state index contributed by atoms with van der Waals surface area (Å²) in [5, 5.41) is 12.3. The van der Waals surface area contributed by atoms with Crippen LogP contribution in [-0.2, 0) is 13.1 Å². The molecule has 118 valence electrons. The van der Waals surface area contributed by atoms with Gasteiger partial charge in [-0.15, -0.1) is 0 Å². The van der Waals surface area contributed by atoms with Crippen molar-refractivity contribution in [2.75, 3.05) is 18.4 Å². The molecule has 1 heterocycles. The highest BCUT2D eigenvalue weighted by atomic mass is 16.2. The zero-order valence-corrected chi connectivity index (χ0v) is 13.1. The minimum atomic E-state index is -0.227. The summed E-state index contributed by atoms with van der Waals surface area (Å²) < 4.78 is 0. The highest BCUT2D eigenvalue weighted by Crippen LogP contribution is 2.12. The van der Waals surface area contributed by atoms with Gasteiger partial charge in [-0.1, -0.05) is 26.0 Å².